The smallest absolute Gasteiger partial charge is 0.506 e. The first-order chi connectivity index (χ1) is 6.42. The van der Waals surface area contributed by atoms with Crippen molar-refractivity contribution < 1.29 is 23.0 Å². The van der Waals surface area contributed by atoms with Crippen LogP contribution >= 0.6 is 0 Å². The Morgan fingerprint density at radius 1 is 1.50 bits per heavy atom. The van der Waals surface area contributed by atoms with Gasteiger partial charge < -0.3 is 15.6 Å². The van der Waals surface area contributed by atoms with E-state index in [1.807, 2.05) is 0 Å². The summed E-state index contributed by atoms with van der Waals surface area (Å²) in [5, 5.41) is 9.10. The van der Waals surface area contributed by atoms with E-state index in [2.05, 4.69) is 9.72 Å². The molecule has 1 rings (SSSR count). The number of halogens is 3. The molecular weight excluding hydrogens is 201 g/mol. The Balaban J connectivity index is 2.87. The Morgan fingerprint density at radius 2 is 2.14 bits per heavy atom. The fourth-order valence-electron chi connectivity index (χ4n) is 0.810. The van der Waals surface area contributed by atoms with Crippen molar-refractivity contribution in [3.05, 3.63) is 18.0 Å². The van der Waals surface area contributed by atoms with Crippen LogP contribution in [0.4, 0.5) is 13.2 Å². The summed E-state index contributed by atoms with van der Waals surface area (Å²) in [6.45, 7) is -0.0574. The number of rotatable bonds is 2. The normalized spacial score (nSPS) is 11.4. The van der Waals surface area contributed by atoms with Crippen molar-refractivity contribution in [1.82, 2.24) is 4.98 Å². The summed E-state index contributed by atoms with van der Waals surface area (Å²) in [5.41, 5.74) is 5.25. The van der Waals surface area contributed by atoms with Gasteiger partial charge in [-0.2, -0.15) is 0 Å². The molecule has 0 aliphatic heterocycles. The van der Waals surface area contributed by atoms with Gasteiger partial charge >= 0.3 is 6.36 Å². The number of aromatic hydroxyl groups is 1. The molecule has 0 fully saturated rings. The van der Waals surface area contributed by atoms with Gasteiger partial charge in [0, 0.05) is 12.6 Å². The second-order valence-corrected chi connectivity index (χ2v) is 2.39. The van der Waals surface area contributed by atoms with Gasteiger partial charge in [-0.05, 0) is 0 Å². The van der Waals surface area contributed by atoms with Crippen LogP contribution in [0.25, 0.3) is 0 Å². The van der Waals surface area contributed by atoms with Crippen LogP contribution in [0.5, 0.6) is 11.5 Å². The lowest BCUT2D eigenvalue weighted by molar-refractivity contribution is -0.274. The highest BCUT2D eigenvalue weighted by Crippen LogP contribution is 2.26. The van der Waals surface area contributed by atoms with Crippen molar-refractivity contribution in [3.63, 3.8) is 0 Å². The van der Waals surface area contributed by atoms with Crippen LogP contribution in [-0.2, 0) is 6.54 Å². The summed E-state index contributed by atoms with van der Waals surface area (Å²) >= 11 is 0. The Hall–Kier alpha value is -1.50. The molecule has 7 heteroatoms. The zero-order valence-corrected chi connectivity index (χ0v) is 6.88. The van der Waals surface area contributed by atoms with Crippen LogP contribution in [0.15, 0.2) is 12.3 Å². The number of pyridine rings is 1. The molecule has 0 radical (unpaired) electrons. The van der Waals surface area contributed by atoms with E-state index in [1.54, 1.807) is 0 Å². The Labute approximate surface area is 77.1 Å². The van der Waals surface area contributed by atoms with E-state index in [-0.39, 0.29) is 12.2 Å². The zero-order valence-electron chi connectivity index (χ0n) is 6.88. The zero-order chi connectivity index (χ0) is 10.8. The predicted molar refractivity (Wildman–Crippen MR) is 40.5 cm³/mol. The molecule has 78 valence electrons. The van der Waals surface area contributed by atoms with Crippen molar-refractivity contribution in [2.75, 3.05) is 0 Å². The van der Waals surface area contributed by atoms with Crippen LogP contribution in [0.3, 0.4) is 0 Å². The first-order valence-corrected chi connectivity index (χ1v) is 3.56. The number of hydrogen-bond acceptors (Lipinski definition) is 4. The van der Waals surface area contributed by atoms with Crippen LogP contribution in [0, 0.1) is 0 Å². The number of nitrogens with two attached hydrogens (primary N) is 1. The van der Waals surface area contributed by atoms with E-state index in [0.29, 0.717) is 0 Å². The maximum absolute atomic E-state index is 11.7. The van der Waals surface area contributed by atoms with Gasteiger partial charge in [-0.1, -0.05) is 0 Å². The molecular formula is C7H7F3N2O2. The van der Waals surface area contributed by atoms with E-state index in [1.165, 1.54) is 0 Å². The Kier molecular flexibility index (Phi) is 2.80. The molecule has 1 aromatic rings. The highest BCUT2D eigenvalue weighted by atomic mass is 19.4. The molecule has 14 heavy (non-hydrogen) atoms. The summed E-state index contributed by atoms with van der Waals surface area (Å²) in [4.78, 5) is 3.48. The van der Waals surface area contributed by atoms with Crippen LogP contribution in [-0.4, -0.2) is 16.5 Å². The maximum Gasteiger partial charge on any atom is 0.573 e. The van der Waals surface area contributed by atoms with E-state index in [0.717, 1.165) is 12.3 Å². The molecule has 0 amide bonds. The monoisotopic (exact) mass is 208 g/mol. The second-order valence-electron chi connectivity index (χ2n) is 2.39. The SMILES string of the molecule is NCc1ncc(OC(F)(F)F)cc1O. The molecule has 3 N–H and O–H groups in total. The van der Waals surface area contributed by atoms with Gasteiger partial charge in [-0.25, -0.2) is 0 Å². The lowest BCUT2D eigenvalue weighted by atomic mass is 10.3. The number of alkyl halides is 3. The molecule has 0 bridgehead atoms. The van der Waals surface area contributed by atoms with Gasteiger partial charge in [-0.15, -0.1) is 13.2 Å². The maximum atomic E-state index is 11.7. The molecule has 4 nitrogen and oxygen atoms in total. The second kappa shape index (κ2) is 3.70. The highest BCUT2D eigenvalue weighted by Gasteiger charge is 2.31. The lowest BCUT2D eigenvalue weighted by Crippen LogP contribution is -2.17. The van der Waals surface area contributed by atoms with Crippen molar-refractivity contribution in [2.24, 2.45) is 5.73 Å². The summed E-state index contributed by atoms with van der Waals surface area (Å²) in [7, 11) is 0. The summed E-state index contributed by atoms with van der Waals surface area (Å²) in [6.07, 6.45) is -3.95. The molecule has 0 aromatic carbocycles. The van der Waals surface area contributed by atoms with Crippen LogP contribution in [0.1, 0.15) is 5.69 Å². The summed E-state index contributed by atoms with van der Waals surface area (Å²) in [6, 6.07) is 0.808. The third-order valence-corrected chi connectivity index (χ3v) is 1.35. The summed E-state index contributed by atoms with van der Waals surface area (Å²) < 4.78 is 38.6. The van der Waals surface area contributed by atoms with Crippen molar-refractivity contribution >= 4 is 0 Å². The Bertz CT molecular complexity index is 327. The fraction of sp³-hybridized carbons (Fsp3) is 0.286. The van der Waals surface area contributed by atoms with Crippen molar-refractivity contribution in [3.8, 4) is 11.5 Å². The fourth-order valence-corrected chi connectivity index (χ4v) is 0.810. The van der Waals surface area contributed by atoms with Crippen molar-refractivity contribution in [2.45, 2.75) is 12.9 Å². The van der Waals surface area contributed by atoms with Gasteiger partial charge in [0.1, 0.15) is 5.75 Å². The van der Waals surface area contributed by atoms with E-state index in [4.69, 9.17) is 10.8 Å². The number of ether oxygens (including phenoxy) is 1. The van der Waals surface area contributed by atoms with Gasteiger partial charge in [0.25, 0.3) is 0 Å². The van der Waals surface area contributed by atoms with Gasteiger partial charge in [-0.3, -0.25) is 4.98 Å². The Morgan fingerprint density at radius 3 is 2.57 bits per heavy atom. The highest BCUT2D eigenvalue weighted by molar-refractivity contribution is 5.33. The summed E-state index contributed by atoms with van der Waals surface area (Å²) in [5.74, 6) is -0.999. The minimum Gasteiger partial charge on any atom is -0.506 e. The van der Waals surface area contributed by atoms with E-state index >= 15 is 0 Å². The number of hydrogen-bond donors (Lipinski definition) is 2. The number of aromatic nitrogens is 1. The molecule has 0 aliphatic rings. The molecule has 0 unspecified atom stereocenters. The van der Waals surface area contributed by atoms with Gasteiger partial charge in [0.05, 0.1) is 11.9 Å². The topological polar surface area (TPSA) is 68.4 Å². The molecule has 0 aliphatic carbocycles. The first-order valence-electron chi connectivity index (χ1n) is 3.56. The van der Waals surface area contributed by atoms with Gasteiger partial charge in [0.2, 0.25) is 0 Å². The average molecular weight is 208 g/mol. The van der Waals surface area contributed by atoms with E-state index < -0.39 is 17.9 Å². The van der Waals surface area contributed by atoms with E-state index in [9.17, 15) is 13.2 Å². The third-order valence-electron chi connectivity index (χ3n) is 1.35. The minimum absolute atomic E-state index is 0.0574. The quantitative estimate of drug-likeness (QED) is 0.764. The lowest BCUT2D eigenvalue weighted by Gasteiger charge is -2.09. The van der Waals surface area contributed by atoms with Crippen LogP contribution < -0.4 is 10.5 Å². The third kappa shape index (κ3) is 2.77. The largest absolute Gasteiger partial charge is 0.573 e. The molecule has 1 aromatic heterocycles. The molecule has 0 saturated carbocycles. The van der Waals surface area contributed by atoms with Gasteiger partial charge in [0.15, 0.2) is 5.75 Å². The van der Waals surface area contributed by atoms with Crippen molar-refractivity contribution in [1.29, 1.82) is 0 Å². The van der Waals surface area contributed by atoms with Crippen LogP contribution in [0.2, 0.25) is 0 Å². The first kappa shape index (κ1) is 10.6. The molecule has 0 atom stereocenters. The molecule has 0 spiro atoms. The average Bonchev–Trinajstić information content (AvgIpc) is 2.01. The minimum atomic E-state index is -4.79. The standard InChI is InChI=1S/C7H7F3N2O2/c8-7(9,10)14-4-1-6(13)5(2-11)12-3-4/h1,3,13H,2,11H2. The molecule has 1 heterocycles. The number of nitrogens with zero attached hydrogens (tertiary/aromatic N) is 1. The predicted octanol–water partition coefficient (Wildman–Crippen LogP) is 1.14. The molecule has 0 saturated heterocycles.